The van der Waals surface area contributed by atoms with Crippen molar-refractivity contribution in [2.75, 3.05) is 6.61 Å². The van der Waals surface area contributed by atoms with Crippen molar-refractivity contribution < 1.29 is 24.2 Å². The molecule has 2 atom stereocenters. The molecule has 0 fully saturated rings. The molecule has 0 aromatic carbocycles. The Hall–Kier alpha value is -1.19. The van der Waals surface area contributed by atoms with Crippen molar-refractivity contribution in [3.63, 3.8) is 0 Å². The molecule has 0 saturated carbocycles. The third-order valence-electron chi connectivity index (χ3n) is 5.09. The molecule has 0 rings (SSSR count). The molecule has 0 bridgehead atoms. The first kappa shape index (κ1) is 29.0. The van der Waals surface area contributed by atoms with Crippen LogP contribution in [0.15, 0.2) is 0 Å². The summed E-state index contributed by atoms with van der Waals surface area (Å²) in [4.78, 5) is 28.0. The van der Waals surface area contributed by atoms with E-state index in [1.165, 1.54) is 57.8 Å². The van der Waals surface area contributed by atoms with Gasteiger partial charge in [-0.2, -0.15) is 9.59 Å². The molecule has 0 saturated heterocycles. The molecule has 5 nitrogen and oxygen atoms in total. The molecule has 1 N–H and O–H groups in total. The predicted molar refractivity (Wildman–Crippen MR) is 112 cm³/mol. The number of carbonyl (C=O) groups excluding carboxylic acids is 3. The lowest BCUT2D eigenvalue weighted by molar-refractivity contribution is -0.191. The summed E-state index contributed by atoms with van der Waals surface area (Å²) in [5.74, 6) is 0.0949. The quantitative estimate of drug-likeness (QED) is 0.231. The first-order valence-electron chi connectivity index (χ1n) is 11.4. The van der Waals surface area contributed by atoms with Gasteiger partial charge < -0.3 is 9.84 Å². The summed E-state index contributed by atoms with van der Waals surface area (Å²) in [7, 11) is 0. The summed E-state index contributed by atoms with van der Waals surface area (Å²) in [6, 6.07) is 0. The fourth-order valence-electron chi connectivity index (χ4n) is 3.34. The number of aliphatic hydroxyl groups excluding tert-OH is 1. The zero-order valence-corrected chi connectivity index (χ0v) is 18.5. The fraction of sp³-hybridized carbons (Fsp3) is 0.913. The van der Waals surface area contributed by atoms with Crippen LogP contribution < -0.4 is 0 Å². The van der Waals surface area contributed by atoms with E-state index in [1.807, 2.05) is 6.92 Å². The van der Waals surface area contributed by atoms with E-state index in [0.29, 0.717) is 6.61 Å². The molecule has 0 heterocycles. The van der Waals surface area contributed by atoms with Gasteiger partial charge >= 0.3 is 12.1 Å². The Morgan fingerprint density at radius 1 is 0.786 bits per heavy atom. The van der Waals surface area contributed by atoms with Crippen LogP contribution in [-0.2, 0) is 19.1 Å². The SMILES string of the molecule is CCCCC(O)CCCCCCCCCCCC(CC)C(=O)OCC.O=C=O. The second-order valence-corrected chi connectivity index (χ2v) is 7.50. The van der Waals surface area contributed by atoms with Gasteiger partial charge in [-0.05, 0) is 32.6 Å². The maximum absolute atomic E-state index is 11.7. The van der Waals surface area contributed by atoms with Crippen molar-refractivity contribution >= 4 is 12.1 Å². The van der Waals surface area contributed by atoms with Gasteiger partial charge in [-0.1, -0.05) is 84.5 Å². The number of aliphatic hydroxyl groups is 1. The van der Waals surface area contributed by atoms with Gasteiger partial charge in [-0.25, -0.2) is 0 Å². The van der Waals surface area contributed by atoms with E-state index >= 15 is 0 Å². The van der Waals surface area contributed by atoms with Crippen LogP contribution in [0.3, 0.4) is 0 Å². The zero-order chi connectivity index (χ0) is 21.5. The lowest BCUT2D eigenvalue weighted by atomic mass is 9.97. The standard InChI is InChI=1S/C22H44O3.CO2/c1-4-7-18-21(23)19-16-14-12-10-8-9-11-13-15-17-20(5-2)22(24)25-6-3;2-1-3/h20-21,23H,4-19H2,1-3H3;. The van der Waals surface area contributed by atoms with E-state index in [0.717, 1.165) is 38.5 Å². The van der Waals surface area contributed by atoms with Gasteiger partial charge in [-0.3, -0.25) is 4.79 Å². The van der Waals surface area contributed by atoms with Crippen molar-refractivity contribution in [1.82, 2.24) is 0 Å². The average molecular weight is 401 g/mol. The van der Waals surface area contributed by atoms with E-state index in [9.17, 15) is 9.90 Å². The topological polar surface area (TPSA) is 80.7 Å². The first-order chi connectivity index (χ1) is 13.6. The monoisotopic (exact) mass is 400 g/mol. The molecule has 0 spiro atoms. The van der Waals surface area contributed by atoms with Gasteiger partial charge in [0, 0.05) is 0 Å². The largest absolute Gasteiger partial charge is 0.466 e. The summed E-state index contributed by atoms with van der Waals surface area (Å²) in [6.45, 7) is 6.62. The molecule has 5 heteroatoms. The molecule has 0 aromatic heterocycles. The van der Waals surface area contributed by atoms with E-state index in [2.05, 4.69) is 13.8 Å². The molecular formula is C23H44O5. The second kappa shape index (κ2) is 23.8. The van der Waals surface area contributed by atoms with Crippen LogP contribution in [0.1, 0.15) is 117 Å². The van der Waals surface area contributed by atoms with E-state index in [-0.39, 0.29) is 24.1 Å². The molecule has 2 unspecified atom stereocenters. The number of esters is 1. The Kier molecular flexibility index (Phi) is 24.7. The van der Waals surface area contributed by atoms with Gasteiger partial charge in [0.25, 0.3) is 0 Å². The first-order valence-corrected chi connectivity index (χ1v) is 11.4. The van der Waals surface area contributed by atoms with Crippen molar-refractivity contribution in [1.29, 1.82) is 0 Å². The smallest absolute Gasteiger partial charge is 0.373 e. The molecule has 28 heavy (non-hydrogen) atoms. The maximum Gasteiger partial charge on any atom is 0.373 e. The minimum Gasteiger partial charge on any atom is -0.466 e. The predicted octanol–water partition coefficient (Wildman–Crippen LogP) is 5.83. The molecule has 0 aliphatic rings. The third kappa shape index (κ3) is 21.1. The van der Waals surface area contributed by atoms with E-state index in [4.69, 9.17) is 14.3 Å². The Morgan fingerprint density at radius 2 is 1.21 bits per heavy atom. The highest BCUT2D eigenvalue weighted by Gasteiger charge is 2.16. The minimum absolute atomic E-state index is 0.00943. The van der Waals surface area contributed by atoms with Gasteiger partial charge in [-0.15, -0.1) is 0 Å². The third-order valence-corrected chi connectivity index (χ3v) is 5.09. The molecule has 166 valence electrons. The molecule has 0 aromatic rings. The molecular weight excluding hydrogens is 356 g/mol. The summed E-state index contributed by atoms with van der Waals surface area (Å²) < 4.78 is 5.12. The van der Waals surface area contributed by atoms with Crippen LogP contribution in [0, 0.1) is 5.92 Å². The second-order valence-electron chi connectivity index (χ2n) is 7.50. The van der Waals surface area contributed by atoms with Crippen LogP contribution >= 0.6 is 0 Å². The lowest BCUT2D eigenvalue weighted by Gasteiger charge is -2.13. The highest BCUT2D eigenvalue weighted by molar-refractivity contribution is 5.72. The van der Waals surface area contributed by atoms with Crippen LogP contribution in [-0.4, -0.2) is 29.9 Å². The summed E-state index contributed by atoms with van der Waals surface area (Å²) in [6.07, 6.45) is 17.7. The normalized spacial score (nSPS) is 12.4. The Morgan fingerprint density at radius 3 is 1.64 bits per heavy atom. The highest BCUT2D eigenvalue weighted by atomic mass is 16.5. The number of ether oxygens (including phenoxy) is 1. The summed E-state index contributed by atoms with van der Waals surface area (Å²) >= 11 is 0. The minimum atomic E-state index is -0.0681. The van der Waals surface area contributed by atoms with Crippen LogP contribution in [0.25, 0.3) is 0 Å². The van der Waals surface area contributed by atoms with Crippen LogP contribution in [0.4, 0.5) is 0 Å². The molecule has 0 amide bonds. The number of rotatable bonds is 18. The van der Waals surface area contributed by atoms with Crippen molar-refractivity contribution in [3.05, 3.63) is 0 Å². The van der Waals surface area contributed by atoms with Crippen molar-refractivity contribution in [2.24, 2.45) is 5.92 Å². The number of carbonyl (C=O) groups is 1. The Balaban J connectivity index is 0. The van der Waals surface area contributed by atoms with Gasteiger partial charge in [0.05, 0.1) is 18.6 Å². The van der Waals surface area contributed by atoms with Gasteiger partial charge in [0.15, 0.2) is 0 Å². The van der Waals surface area contributed by atoms with Crippen LogP contribution in [0.2, 0.25) is 0 Å². The zero-order valence-electron chi connectivity index (χ0n) is 18.5. The van der Waals surface area contributed by atoms with E-state index < -0.39 is 0 Å². The fourth-order valence-corrected chi connectivity index (χ4v) is 3.34. The average Bonchev–Trinajstić information content (AvgIpc) is 2.68. The maximum atomic E-state index is 11.7. The van der Waals surface area contributed by atoms with Crippen molar-refractivity contribution in [3.8, 4) is 0 Å². The lowest BCUT2D eigenvalue weighted by Crippen LogP contribution is -2.16. The van der Waals surface area contributed by atoms with Gasteiger partial charge in [0.2, 0.25) is 0 Å². The highest BCUT2D eigenvalue weighted by Crippen LogP contribution is 2.17. The number of hydrogen-bond acceptors (Lipinski definition) is 5. The number of hydrogen-bond donors (Lipinski definition) is 1. The Bertz CT molecular complexity index is 364. The molecule has 0 aliphatic heterocycles. The summed E-state index contributed by atoms with van der Waals surface area (Å²) in [5, 5.41) is 9.80. The van der Waals surface area contributed by atoms with Crippen LogP contribution in [0.5, 0.6) is 0 Å². The Labute approximate surface area is 172 Å². The molecule has 0 aliphatic carbocycles. The summed E-state index contributed by atoms with van der Waals surface area (Å²) in [5.41, 5.74) is 0. The van der Waals surface area contributed by atoms with Crippen molar-refractivity contribution in [2.45, 2.75) is 123 Å². The van der Waals surface area contributed by atoms with E-state index in [1.54, 1.807) is 0 Å². The molecule has 0 radical (unpaired) electrons. The number of unbranched alkanes of at least 4 members (excludes halogenated alkanes) is 9. The van der Waals surface area contributed by atoms with Gasteiger partial charge in [0.1, 0.15) is 0 Å².